The molecule has 8 heavy (non-hydrogen) atoms. The lowest BCUT2D eigenvalue weighted by Gasteiger charge is -1.96. The summed E-state index contributed by atoms with van der Waals surface area (Å²) in [4.78, 5) is 0. The molecule has 0 aromatic rings. The van der Waals surface area contributed by atoms with Gasteiger partial charge in [-0.3, -0.25) is 0 Å². The number of unbranched alkanes of at least 4 members (excludes halogenated alkanes) is 1. The van der Waals surface area contributed by atoms with Crippen LogP contribution in [0.2, 0.25) is 6.04 Å². The van der Waals surface area contributed by atoms with Crippen molar-refractivity contribution in [3.8, 4) is 0 Å². The summed E-state index contributed by atoms with van der Waals surface area (Å²) < 4.78 is 5.15. The average Bonchev–Trinajstić information content (AvgIpc) is 1.81. The van der Waals surface area contributed by atoms with Crippen LogP contribution in [-0.4, -0.2) is 23.5 Å². The van der Waals surface area contributed by atoms with Crippen LogP contribution in [0, 0.1) is 0 Å². The maximum absolute atomic E-state index is 5.15. The van der Waals surface area contributed by atoms with Crippen molar-refractivity contribution in [1.29, 1.82) is 0 Å². The normalized spacial score (nSPS) is 10.1. The molecule has 1 nitrogen and oxygen atoms in total. The Labute approximate surface area is 54.8 Å². The second kappa shape index (κ2) is 7.18. The summed E-state index contributed by atoms with van der Waals surface area (Å²) in [5.74, 6) is 0. The van der Waals surface area contributed by atoms with Gasteiger partial charge in [-0.25, -0.2) is 0 Å². The first-order valence-electron chi connectivity index (χ1n) is 3.49. The zero-order chi connectivity index (χ0) is 6.24. The molecule has 0 aliphatic carbocycles. The summed E-state index contributed by atoms with van der Waals surface area (Å²) in [6.07, 6.45) is 2.63. The third-order valence-corrected chi connectivity index (χ3v) is 1.80. The molecule has 0 radical (unpaired) electrons. The first kappa shape index (κ1) is 8.18. The van der Waals surface area contributed by atoms with Gasteiger partial charge in [-0.2, -0.15) is 0 Å². The van der Waals surface area contributed by atoms with Crippen LogP contribution in [0.25, 0.3) is 0 Å². The quantitative estimate of drug-likeness (QED) is 0.393. The number of hydrogen-bond donors (Lipinski definition) is 0. The van der Waals surface area contributed by atoms with Crippen molar-refractivity contribution in [2.45, 2.75) is 25.8 Å². The fraction of sp³-hybridized carbons (Fsp3) is 1.00. The third kappa shape index (κ3) is 6.18. The largest absolute Gasteiger partial charge is 0.382 e. The molecule has 0 rings (SSSR count). The maximum Gasteiger partial charge on any atom is 0.0465 e. The second-order valence-electron chi connectivity index (χ2n) is 1.90. The molecule has 0 bridgehead atoms. The Morgan fingerprint density at radius 1 is 1.38 bits per heavy atom. The lowest BCUT2D eigenvalue weighted by Crippen LogP contribution is -1.92. The van der Waals surface area contributed by atoms with E-state index in [1.54, 1.807) is 0 Å². The fourth-order valence-corrected chi connectivity index (χ4v) is 1.10. The van der Waals surface area contributed by atoms with Crippen molar-refractivity contribution in [1.82, 2.24) is 0 Å². The van der Waals surface area contributed by atoms with Gasteiger partial charge in [-0.1, -0.05) is 12.5 Å². The van der Waals surface area contributed by atoms with Gasteiger partial charge in [0.25, 0.3) is 0 Å². The third-order valence-electron chi connectivity index (χ3n) is 1.10. The van der Waals surface area contributed by atoms with Crippen LogP contribution in [0.5, 0.6) is 0 Å². The van der Waals surface area contributed by atoms with E-state index in [4.69, 9.17) is 4.74 Å². The molecule has 50 valence electrons. The highest BCUT2D eigenvalue weighted by molar-refractivity contribution is 6.08. The lowest BCUT2D eigenvalue weighted by molar-refractivity contribution is 0.144. The van der Waals surface area contributed by atoms with E-state index in [9.17, 15) is 0 Å². The van der Waals surface area contributed by atoms with E-state index in [0.29, 0.717) is 0 Å². The standard InChI is InChI=1S/C6H16OSi/c1-2-7-5-3-4-6-8/h2-6H2,1,8H3. The molecular weight excluding hydrogens is 116 g/mol. The smallest absolute Gasteiger partial charge is 0.0465 e. The molecule has 0 atom stereocenters. The Hall–Kier alpha value is 0.177. The molecule has 0 N–H and O–H groups in total. The molecule has 0 unspecified atom stereocenters. The molecule has 0 aliphatic heterocycles. The van der Waals surface area contributed by atoms with E-state index < -0.39 is 0 Å². The summed E-state index contributed by atoms with van der Waals surface area (Å²) in [5.41, 5.74) is 0. The topological polar surface area (TPSA) is 9.23 Å². The van der Waals surface area contributed by atoms with Gasteiger partial charge in [0, 0.05) is 23.5 Å². The molecule has 0 heterocycles. The molecule has 0 amide bonds. The number of rotatable bonds is 5. The van der Waals surface area contributed by atoms with Crippen LogP contribution in [0.15, 0.2) is 0 Å². The summed E-state index contributed by atoms with van der Waals surface area (Å²) in [6.45, 7) is 3.89. The van der Waals surface area contributed by atoms with E-state index in [0.717, 1.165) is 13.2 Å². The Bertz CT molecular complexity index is 33.5. The van der Waals surface area contributed by atoms with Crippen molar-refractivity contribution in [3.63, 3.8) is 0 Å². The van der Waals surface area contributed by atoms with Gasteiger partial charge in [-0.05, 0) is 13.3 Å². The van der Waals surface area contributed by atoms with Crippen molar-refractivity contribution >= 4 is 10.2 Å². The summed E-state index contributed by atoms with van der Waals surface area (Å²) in [7, 11) is 1.35. The van der Waals surface area contributed by atoms with E-state index in [-0.39, 0.29) is 0 Å². The summed E-state index contributed by atoms with van der Waals surface area (Å²) in [6, 6.07) is 1.42. The van der Waals surface area contributed by atoms with Gasteiger partial charge in [0.2, 0.25) is 0 Å². The van der Waals surface area contributed by atoms with Crippen molar-refractivity contribution in [3.05, 3.63) is 0 Å². The Kier molecular flexibility index (Phi) is 7.34. The molecular formula is C6H16OSi. The highest BCUT2D eigenvalue weighted by atomic mass is 28.1. The summed E-state index contributed by atoms with van der Waals surface area (Å²) in [5, 5.41) is 0. The first-order valence-corrected chi connectivity index (χ1v) is 4.91. The molecule has 0 aliphatic rings. The molecule has 0 saturated heterocycles. The van der Waals surface area contributed by atoms with Gasteiger partial charge in [-0.15, -0.1) is 0 Å². The average molecular weight is 132 g/mol. The van der Waals surface area contributed by atoms with Crippen molar-refractivity contribution in [2.24, 2.45) is 0 Å². The van der Waals surface area contributed by atoms with E-state index >= 15 is 0 Å². The van der Waals surface area contributed by atoms with Gasteiger partial charge in [0.15, 0.2) is 0 Å². The van der Waals surface area contributed by atoms with E-state index in [1.165, 1.54) is 29.1 Å². The molecule has 2 heteroatoms. The fourth-order valence-electron chi connectivity index (χ4n) is 0.598. The Morgan fingerprint density at radius 2 is 2.12 bits per heavy atom. The predicted octanol–water partition coefficient (Wildman–Crippen LogP) is 0.587. The minimum absolute atomic E-state index is 0.876. The monoisotopic (exact) mass is 132 g/mol. The van der Waals surface area contributed by atoms with E-state index in [2.05, 4.69) is 0 Å². The van der Waals surface area contributed by atoms with Crippen molar-refractivity contribution in [2.75, 3.05) is 13.2 Å². The minimum atomic E-state index is 0.876. The lowest BCUT2D eigenvalue weighted by atomic mass is 10.4. The van der Waals surface area contributed by atoms with Crippen LogP contribution in [0.1, 0.15) is 19.8 Å². The second-order valence-corrected chi connectivity index (χ2v) is 2.90. The van der Waals surface area contributed by atoms with Crippen LogP contribution >= 0.6 is 0 Å². The number of ether oxygens (including phenoxy) is 1. The first-order chi connectivity index (χ1) is 3.91. The van der Waals surface area contributed by atoms with Crippen LogP contribution in [-0.2, 0) is 4.74 Å². The van der Waals surface area contributed by atoms with Gasteiger partial charge < -0.3 is 4.74 Å². The molecule has 0 aromatic carbocycles. The van der Waals surface area contributed by atoms with Crippen LogP contribution in [0.4, 0.5) is 0 Å². The zero-order valence-corrected chi connectivity index (χ0v) is 7.94. The molecule has 0 spiro atoms. The zero-order valence-electron chi connectivity index (χ0n) is 5.94. The van der Waals surface area contributed by atoms with Gasteiger partial charge in [0.05, 0.1) is 0 Å². The van der Waals surface area contributed by atoms with Gasteiger partial charge >= 0.3 is 0 Å². The highest BCUT2D eigenvalue weighted by Gasteiger charge is 1.82. The maximum atomic E-state index is 5.15. The number of hydrogen-bond acceptors (Lipinski definition) is 1. The Morgan fingerprint density at radius 3 is 2.62 bits per heavy atom. The van der Waals surface area contributed by atoms with E-state index in [1.807, 2.05) is 6.92 Å². The highest BCUT2D eigenvalue weighted by Crippen LogP contribution is 1.91. The van der Waals surface area contributed by atoms with Gasteiger partial charge in [0.1, 0.15) is 0 Å². The molecule has 0 fully saturated rings. The molecule has 0 saturated carbocycles. The SMILES string of the molecule is CCOCCCC[SiH3]. The predicted molar refractivity (Wildman–Crippen MR) is 40.5 cm³/mol. The summed E-state index contributed by atoms with van der Waals surface area (Å²) >= 11 is 0. The van der Waals surface area contributed by atoms with Crippen molar-refractivity contribution < 1.29 is 4.74 Å². The van der Waals surface area contributed by atoms with Crippen LogP contribution in [0.3, 0.4) is 0 Å². The van der Waals surface area contributed by atoms with Crippen LogP contribution < -0.4 is 0 Å². The Balaban J connectivity index is 2.53. The molecule has 0 aromatic heterocycles. The minimum Gasteiger partial charge on any atom is -0.382 e.